The molecule has 1 aliphatic rings. The zero-order valence-electron chi connectivity index (χ0n) is 13.5. The maximum Gasteiger partial charge on any atom is 0.177 e. The molecule has 0 saturated carbocycles. The smallest absolute Gasteiger partial charge is 0.177 e. The third kappa shape index (κ3) is 3.37. The number of carbonyl (C=O) groups excluding carboxylic acids is 1. The van der Waals surface area contributed by atoms with Gasteiger partial charge in [0.25, 0.3) is 0 Å². The number of benzene rings is 1. The number of sulfone groups is 1. The summed E-state index contributed by atoms with van der Waals surface area (Å²) >= 11 is 0. The molecule has 2 rings (SSSR count). The molecule has 0 atom stereocenters. The molecule has 0 heterocycles. The van der Waals surface area contributed by atoms with Gasteiger partial charge in [0.1, 0.15) is 5.75 Å². The fourth-order valence-electron chi connectivity index (χ4n) is 3.08. The highest BCUT2D eigenvalue weighted by Gasteiger charge is 2.37. The van der Waals surface area contributed by atoms with E-state index in [9.17, 15) is 13.2 Å². The van der Waals surface area contributed by atoms with Gasteiger partial charge in [-0.05, 0) is 40.9 Å². The number of rotatable bonds is 3. The first-order valence-corrected chi connectivity index (χ1v) is 9.34. The van der Waals surface area contributed by atoms with Gasteiger partial charge in [0, 0.05) is 11.8 Å². The topological polar surface area (TPSA) is 51.2 Å². The van der Waals surface area contributed by atoms with Crippen LogP contribution in [0.2, 0.25) is 0 Å². The summed E-state index contributed by atoms with van der Waals surface area (Å²) in [5.74, 6) is -0.741. The van der Waals surface area contributed by atoms with Crippen molar-refractivity contribution in [2.24, 2.45) is 0 Å². The first-order valence-electron chi connectivity index (χ1n) is 7.28. The van der Waals surface area contributed by atoms with Crippen molar-refractivity contribution in [3.63, 3.8) is 0 Å². The van der Waals surface area contributed by atoms with Crippen LogP contribution in [0.15, 0.2) is 18.2 Å². The number of fused-ring (bicyclic) bond motifs is 1. The summed E-state index contributed by atoms with van der Waals surface area (Å²) in [6.45, 7) is 8.82. The molecular weight excluding hydrogens is 284 g/mol. The third-order valence-electron chi connectivity index (χ3n) is 4.57. The Labute approximate surface area is 127 Å². The fraction of sp³-hybridized carbons (Fsp3) is 0.588. The molecule has 0 amide bonds. The zero-order valence-corrected chi connectivity index (χ0v) is 14.3. The summed E-state index contributed by atoms with van der Waals surface area (Å²) in [5.41, 5.74) is 3.08. The van der Waals surface area contributed by atoms with Crippen LogP contribution in [0.3, 0.4) is 0 Å². The Morgan fingerprint density at radius 3 is 2.10 bits per heavy atom. The predicted molar refractivity (Wildman–Crippen MR) is 85.8 cm³/mol. The average molecular weight is 308 g/mol. The van der Waals surface area contributed by atoms with E-state index >= 15 is 0 Å². The second-order valence-corrected chi connectivity index (χ2v) is 9.66. The van der Waals surface area contributed by atoms with Crippen LogP contribution in [0.5, 0.6) is 0 Å². The molecule has 116 valence electrons. The lowest BCUT2D eigenvalue weighted by molar-refractivity contribution is 0.102. The molecular formula is C17H24O3S. The van der Waals surface area contributed by atoms with Gasteiger partial charge in [-0.2, -0.15) is 0 Å². The Morgan fingerprint density at radius 1 is 1.05 bits per heavy atom. The van der Waals surface area contributed by atoms with Crippen LogP contribution >= 0.6 is 0 Å². The second-order valence-electron chi connectivity index (χ2n) is 7.52. The molecule has 0 bridgehead atoms. The highest BCUT2D eigenvalue weighted by molar-refractivity contribution is 7.91. The van der Waals surface area contributed by atoms with Gasteiger partial charge in [-0.1, -0.05) is 39.8 Å². The van der Waals surface area contributed by atoms with E-state index in [0.717, 1.165) is 19.1 Å². The van der Waals surface area contributed by atoms with Gasteiger partial charge in [-0.25, -0.2) is 8.42 Å². The maximum atomic E-state index is 12.1. The standard InChI is InChI=1S/C17H24O3S/c1-16(2)8-9-17(3,4)14-10-12(6-7-13(14)16)15(18)11-21(5,19)20/h6-7,10H,8-9,11H2,1-5H3. The van der Waals surface area contributed by atoms with Crippen molar-refractivity contribution in [2.75, 3.05) is 12.0 Å². The third-order valence-corrected chi connectivity index (χ3v) is 5.35. The summed E-state index contributed by atoms with van der Waals surface area (Å²) in [5, 5.41) is 0. The van der Waals surface area contributed by atoms with E-state index in [-0.39, 0.29) is 16.6 Å². The van der Waals surface area contributed by atoms with Crippen molar-refractivity contribution in [1.82, 2.24) is 0 Å². The van der Waals surface area contributed by atoms with Crippen molar-refractivity contribution in [1.29, 1.82) is 0 Å². The monoisotopic (exact) mass is 308 g/mol. The molecule has 0 N–H and O–H groups in total. The molecule has 0 saturated heterocycles. The van der Waals surface area contributed by atoms with Crippen LogP contribution in [-0.4, -0.2) is 26.2 Å². The molecule has 21 heavy (non-hydrogen) atoms. The Balaban J connectivity index is 2.49. The van der Waals surface area contributed by atoms with Crippen LogP contribution in [0.1, 0.15) is 62.0 Å². The minimum absolute atomic E-state index is 0.0201. The second kappa shape index (κ2) is 4.94. The molecule has 1 aromatic rings. The quantitative estimate of drug-likeness (QED) is 0.805. The maximum absolute atomic E-state index is 12.1. The predicted octanol–water partition coefficient (Wildman–Crippen LogP) is 3.26. The van der Waals surface area contributed by atoms with Gasteiger partial charge in [0.05, 0.1) is 0 Å². The van der Waals surface area contributed by atoms with Crippen molar-refractivity contribution in [3.05, 3.63) is 34.9 Å². The van der Waals surface area contributed by atoms with E-state index in [0.29, 0.717) is 5.56 Å². The van der Waals surface area contributed by atoms with Crippen molar-refractivity contribution in [3.8, 4) is 0 Å². The molecule has 0 unspecified atom stereocenters. The fourth-order valence-corrected chi connectivity index (χ4v) is 3.73. The highest BCUT2D eigenvalue weighted by atomic mass is 32.2. The minimum Gasteiger partial charge on any atom is -0.293 e. The van der Waals surface area contributed by atoms with Crippen molar-refractivity contribution >= 4 is 15.6 Å². The molecule has 0 aromatic heterocycles. The molecule has 1 aliphatic carbocycles. The summed E-state index contributed by atoms with van der Waals surface area (Å²) in [7, 11) is -3.29. The van der Waals surface area contributed by atoms with E-state index in [4.69, 9.17) is 0 Å². The Hall–Kier alpha value is -1.16. The van der Waals surface area contributed by atoms with Crippen LogP contribution in [-0.2, 0) is 20.7 Å². The Kier molecular flexibility index (Phi) is 3.81. The largest absolute Gasteiger partial charge is 0.293 e. The van der Waals surface area contributed by atoms with E-state index in [2.05, 4.69) is 27.7 Å². The molecule has 0 fully saturated rings. The van der Waals surface area contributed by atoms with Gasteiger partial charge in [0.15, 0.2) is 15.6 Å². The lowest BCUT2D eigenvalue weighted by Crippen LogP contribution is -2.34. The van der Waals surface area contributed by atoms with E-state index in [1.807, 2.05) is 12.1 Å². The number of carbonyl (C=O) groups is 1. The van der Waals surface area contributed by atoms with Crippen LogP contribution < -0.4 is 0 Å². The number of ketones is 1. The SMILES string of the molecule is CC1(C)CCC(C)(C)c2cc(C(=O)CS(C)(=O)=O)ccc21. The van der Waals surface area contributed by atoms with Crippen molar-refractivity contribution in [2.45, 2.75) is 51.4 Å². The summed E-state index contributed by atoms with van der Waals surface area (Å²) in [6, 6.07) is 5.69. The van der Waals surface area contributed by atoms with E-state index in [1.54, 1.807) is 6.07 Å². The average Bonchev–Trinajstić information content (AvgIpc) is 2.33. The molecule has 0 aliphatic heterocycles. The van der Waals surface area contributed by atoms with Gasteiger partial charge in [-0.3, -0.25) is 4.79 Å². The van der Waals surface area contributed by atoms with Crippen LogP contribution in [0, 0.1) is 0 Å². The number of Topliss-reactive ketones (excluding diaryl/α,β-unsaturated/α-hetero) is 1. The van der Waals surface area contributed by atoms with Gasteiger partial charge in [-0.15, -0.1) is 0 Å². The molecule has 4 heteroatoms. The Morgan fingerprint density at radius 2 is 1.57 bits per heavy atom. The van der Waals surface area contributed by atoms with Crippen molar-refractivity contribution < 1.29 is 13.2 Å². The molecule has 1 aromatic carbocycles. The minimum atomic E-state index is -3.29. The van der Waals surface area contributed by atoms with Gasteiger partial charge < -0.3 is 0 Å². The summed E-state index contributed by atoms with van der Waals surface area (Å²) < 4.78 is 22.6. The molecule has 3 nitrogen and oxygen atoms in total. The van der Waals surface area contributed by atoms with Crippen LogP contribution in [0.25, 0.3) is 0 Å². The van der Waals surface area contributed by atoms with Crippen LogP contribution in [0.4, 0.5) is 0 Å². The lowest BCUT2D eigenvalue weighted by Gasteiger charge is -2.42. The zero-order chi connectivity index (χ0) is 16.1. The highest BCUT2D eigenvalue weighted by Crippen LogP contribution is 2.45. The number of hydrogen-bond donors (Lipinski definition) is 0. The number of hydrogen-bond acceptors (Lipinski definition) is 3. The van der Waals surface area contributed by atoms with Gasteiger partial charge >= 0.3 is 0 Å². The summed E-state index contributed by atoms with van der Waals surface area (Å²) in [4.78, 5) is 12.1. The molecule has 0 radical (unpaired) electrons. The first-order chi connectivity index (χ1) is 9.42. The van der Waals surface area contributed by atoms with E-state index < -0.39 is 15.6 Å². The normalized spacial score (nSPS) is 19.9. The van der Waals surface area contributed by atoms with E-state index in [1.165, 1.54) is 11.1 Å². The molecule has 0 spiro atoms. The summed E-state index contributed by atoms with van der Waals surface area (Å²) in [6.07, 6.45) is 3.27. The first kappa shape index (κ1) is 16.2. The van der Waals surface area contributed by atoms with Gasteiger partial charge in [0.2, 0.25) is 0 Å². The Bertz CT molecular complexity index is 682. The lowest BCUT2D eigenvalue weighted by atomic mass is 9.63.